The van der Waals surface area contributed by atoms with Gasteiger partial charge in [0.2, 0.25) is 0 Å². The number of Topliss-reactive ketones (excluding diaryl/α,β-unsaturated/α-hetero) is 1. The van der Waals surface area contributed by atoms with Crippen LogP contribution in [0.3, 0.4) is 0 Å². The van der Waals surface area contributed by atoms with E-state index < -0.39 is 0 Å². The summed E-state index contributed by atoms with van der Waals surface area (Å²) in [4.78, 5) is 13.4. The average Bonchev–Trinajstić information content (AvgIpc) is 2.24. The van der Waals surface area contributed by atoms with Gasteiger partial charge in [0.05, 0.1) is 6.10 Å². The van der Waals surface area contributed by atoms with Gasteiger partial charge in [-0.05, 0) is 14.1 Å². The van der Waals surface area contributed by atoms with Gasteiger partial charge < -0.3 is 9.64 Å². The van der Waals surface area contributed by atoms with Gasteiger partial charge >= 0.3 is 0 Å². The van der Waals surface area contributed by atoms with Gasteiger partial charge in [-0.15, -0.1) is 0 Å². The molecule has 2 bridgehead atoms. The minimum absolute atomic E-state index is 0.0428. The molecule has 0 radical (unpaired) electrons. The van der Waals surface area contributed by atoms with Crippen molar-refractivity contribution >= 4 is 5.78 Å². The summed E-state index contributed by atoms with van der Waals surface area (Å²) < 4.78 is 5.79. The zero-order valence-corrected chi connectivity index (χ0v) is 8.12. The summed E-state index contributed by atoms with van der Waals surface area (Å²) in [5.41, 5.74) is -0.316. The van der Waals surface area contributed by atoms with Crippen molar-refractivity contribution < 1.29 is 9.53 Å². The minimum Gasteiger partial charge on any atom is -0.361 e. The molecule has 72 valence electrons. The van der Waals surface area contributed by atoms with Crippen LogP contribution in [-0.4, -0.2) is 43.0 Å². The second kappa shape index (κ2) is 2.93. The van der Waals surface area contributed by atoms with Crippen LogP contribution < -0.4 is 0 Å². The van der Waals surface area contributed by atoms with Gasteiger partial charge in [0.1, 0.15) is 11.4 Å². The standard InChI is InChI=1S/C10H15NO2/c1-11(2)7-10-4-3-9(13-10)5-8(12)6-10/h3-4,9H,5-7H2,1-2H3/t9-,10+/m1/s1. The van der Waals surface area contributed by atoms with Crippen LogP contribution in [0.15, 0.2) is 12.2 Å². The van der Waals surface area contributed by atoms with Crippen molar-refractivity contribution in [3.8, 4) is 0 Å². The van der Waals surface area contributed by atoms with Gasteiger partial charge in [-0.25, -0.2) is 0 Å². The number of fused-ring (bicyclic) bond motifs is 2. The van der Waals surface area contributed by atoms with Gasteiger partial charge in [0.15, 0.2) is 0 Å². The molecular formula is C10H15NO2. The first-order valence-corrected chi connectivity index (χ1v) is 4.63. The van der Waals surface area contributed by atoms with E-state index in [0.717, 1.165) is 6.54 Å². The number of carbonyl (C=O) groups is 1. The van der Waals surface area contributed by atoms with Gasteiger partial charge in [-0.2, -0.15) is 0 Å². The lowest BCUT2D eigenvalue weighted by molar-refractivity contribution is -0.138. The quantitative estimate of drug-likeness (QED) is 0.584. The zero-order chi connectivity index (χ0) is 9.47. The van der Waals surface area contributed by atoms with Gasteiger partial charge in [0, 0.05) is 19.4 Å². The van der Waals surface area contributed by atoms with E-state index in [2.05, 4.69) is 11.0 Å². The molecule has 0 aromatic rings. The highest BCUT2D eigenvalue weighted by Gasteiger charge is 2.42. The van der Waals surface area contributed by atoms with Crippen LogP contribution in [0.25, 0.3) is 0 Å². The zero-order valence-electron chi connectivity index (χ0n) is 8.12. The number of ketones is 1. The van der Waals surface area contributed by atoms with Crippen molar-refractivity contribution in [2.24, 2.45) is 0 Å². The molecule has 2 aliphatic rings. The number of hydrogen-bond acceptors (Lipinski definition) is 3. The SMILES string of the molecule is CN(C)C[C@]12C=C[C@H](CC(=O)C1)O2. The van der Waals surface area contributed by atoms with Crippen LogP contribution >= 0.6 is 0 Å². The molecule has 0 spiro atoms. The van der Waals surface area contributed by atoms with Crippen LogP contribution in [0.1, 0.15) is 12.8 Å². The summed E-state index contributed by atoms with van der Waals surface area (Å²) in [6.07, 6.45) is 5.22. The van der Waals surface area contributed by atoms with E-state index >= 15 is 0 Å². The van der Waals surface area contributed by atoms with Crippen molar-refractivity contribution in [1.29, 1.82) is 0 Å². The van der Waals surface area contributed by atoms with E-state index in [1.165, 1.54) is 0 Å². The van der Waals surface area contributed by atoms with E-state index in [0.29, 0.717) is 18.6 Å². The maximum absolute atomic E-state index is 11.4. The Morgan fingerprint density at radius 2 is 2.46 bits per heavy atom. The van der Waals surface area contributed by atoms with E-state index in [-0.39, 0.29) is 11.7 Å². The third-order valence-corrected chi connectivity index (χ3v) is 2.51. The van der Waals surface area contributed by atoms with E-state index in [4.69, 9.17) is 4.74 Å². The van der Waals surface area contributed by atoms with Crippen LogP contribution in [0, 0.1) is 0 Å². The molecular weight excluding hydrogens is 166 g/mol. The van der Waals surface area contributed by atoms with Crippen molar-refractivity contribution in [3.05, 3.63) is 12.2 Å². The molecule has 0 unspecified atom stereocenters. The molecule has 0 aromatic carbocycles. The first-order valence-electron chi connectivity index (χ1n) is 4.63. The van der Waals surface area contributed by atoms with Gasteiger partial charge in [0.25, 0.3) is 0 Å². The lowest BCUT2D eigenvalue weighted by Crippen LogP contribution is -2.45. The average molecular weight is 181 g/mol. The molecule has 0 amide bonds. The predicted molar refractivity (Wildman–Crippen MR) is 49.5 cm³/mol. The molecule has 2 heterocycles. The van der Waals surface area contributed by atoms with Crippen molar-refractivity contribution in [2.45, 2.75) is 24.5 Å². The molecule has 13 heavy (non-hydrogen) atoms. The Hall–Kier alpha value is -0.670. The molecule has 0 aromatic heterocycles. The van der Waals surface area contributed by atoms with E-state index in [9.17, 15) is 4.79 Å². The van der Waals surface area contributed by atoms with Crippen LogP contribution in [0.5, 0.6) is 0 Å². The smallest absolute Gasteiger partial charge is 0.139 e. The number of nitrogens with zero attached hydrogens (tertiary/aromatic N) is 1. The highest BCUT2D eigenvalue weighted by Crippen LogP contribution is 2.34. The van der Waals surface area contributed by atoms with E-state index in [1.807, 2.05) is 20.2 Å². The lowest BCUT2D eigenvalue weighted by Gasteiger charge is -2.34. The van der Waals surface area contributed by atoms with Crippen LogP contribution in [0.4, 0.5) is 0 Å². The summed E-state index contributed by atoms with van der Waals surface area (Å²) in [6, 6.07) is 0. The Balaban J connectivity index is 2.13. The fraction of sp³-hybridized carbons (Fsp3) is 0.700. The Labute approximate surface area is 78.4 Å². The van der Waals surface area contributed by atoms with Crippen molar-refractivity contribution in [3.63, 3.8) is 0 Å². The summed E-state index contributed by atoms with van der Waals surface area (Å²) in [5.74, 6) is 0.322. The summed E-state index contributed by atoms with van der Waals surface area (Å²) in [5, 5.41) is 0. The Morgan fingerprint density at radius 3 is 3.15 bits per heavy atom. The molecule has 2 aliphatic heterocycles. The largest absolute Gasteiger partial charge is 0.361 e. The summed E-state index contributed by atoms with van der Waals surface area (Å²) in [7, 11) is 4.00. The molecule has 0 saturated carbocycles. The molecule has 2 rings (SSSR count). The summed E-state index contributed by atoms with van der Waals surface area (Å²) >= 11 is 0. The number of hydrogen-bond donors (Lipinski definition) is 0. The fourth-order valence-electron chi connectivity index (χ4n) is 2.18. The molecule has 1 fully saturated rings. The topological polar surface area (TPSA) is 29.5 Å². The molecule has 3 nitrogen and oxygen atoms in total. The summed E-state index contributed by atoms with van der Waals surface area (Å²) in [6.45, 7) is 0.797. The number of rotatable bonds is 2. The van der Waals surface area contributed by atoms with Gasteiger partial charge in [-0.1, -0.05) is 12.2 Å². The number of ether oxygens (including phenoxy) is 1. The second-order valence-corrected chi connectivity index (χ2v) is 4.24. The molecule has 0 N–H and O–H groups in total. The second-order valence-electron chi connectivity index (χ2n) is 4.24. The van der Waals surface area contributed by atoms with Gasteiger partial charge in [-0.3, -0.25) is 4.79 Å². The normalized spacial score (nSPS) is 37.5. The van der Waals surface area contributed by atoms with Crippen molar-refractivity contribution in [1.82, 2.24) is 4.90 Å². The lowest BCUT2D eigenvalue weighted by atomic mass is 9.94. The highest BCUT2D eigenvalue weighted by atomic mass is 16.5. The third-order valence-electron chi connectivity index (χ3n) is 2.51. The predicted octanol–water partition coefficient (Wildman–Crippen LogP) is 0.605. The van der Waals surface area contributed by atoms with E-state index in [1.54, 1.807) is 0 Å². The van der Waals surface area contributed by atoms with Crippen LogP contribution in [0.2, 0.25) is 0 Å². The maximum atomic E-state index is 11.4. The molecule has 0 aliphatic carbocycles. The molecule has 2 atom stereocenters. The van der Waals surface area contributed by atoms with Crippen LogP contribution in [-0.2, 0) is 9.53 Å². The molecule has 1 saturated heterocycles. The minimum atomic E-state index is -0.316. The maximum Gasteiger partial charge on any atom is 0.139 e. The monoisotopic (exact) mass is 181 g/mol. The first kappa shape index (κ1) is 8.91. The highest BCUT2D eigenvalue weighted by molar-refractivity contribution is 5.82. The third kappa shape index (κ3) is 1.67. The molecule has 3 heteroatoms. The Morgan fingerprint density at radius 1 is 1.69 bits per heavy atom. The Bertz CT molecular complexity index is 260. The number of likely N-dealkylation sites (N-methyl/N-ethyl adjacent to an activating group) is 1. The van der Waals surface area contributed by atoms with Crippen molar-refractivity contribution in [2.75, 3.05) is 20.6 Å². The number of carbonyl (C=O) groups excluding carboxylic acids is 1. The Kier molecular flexibility index (Phi) is 2.00. The first-order chi connectivity index (χ1) is 6.10. The fourth-order valence-corrected chi connectivity index (χ4v) is 2.18.